The molecule has 6 heteroatoms. The molecule has 108 valence electrons. The summed E-state index contributed by atoms with van der Waals surface area (Å²) in [5, 5.41) is 0. The highest BCUT2D eigenvalue weighted by atomic mass is 127. The molecular weight excluding hydrogens is 368 g/mol. The Hall–Kier alpha value is -0.335. The highest BCUT2D eigenvalue weighted by Crippen LogP contribution is 2.37. The van der Waals surface area contributed by atoms with E-state index in [0.717, 1.165) is 27.8 Å². The van der Waals surface area contributed by atoms with Crippen molar-refractivity contribution in [3.63, 3.8) is 0 Å². The Bertz CT molecular complexity index is 515. The predicted molar refractivity (Wildman–Crippen MR) is 86.3 cm³/mol. The predicted octanol–water partition coefficient (Wildman–Crippen LogP) is 2.53. The van der Waals surface area contributed by atoms with Crippen LogP contribution in [0.5, 0.6) is 5.75 Å². The van der Waals surface area contributed by atoms with E-state index in [1.54, 1.807) is 0 Å². The van der Waals surface area contributed by atoms with Gasteiger partial charge in [0.2, 0.25) is 0 Å². The third kappa shape index (κ3) is 2.70. The molecule has 0 aromatic carbocycles. The summed E-state index contributed by atoms with van der Waals surface area (Å²) in [4.78, 5) is 4.40. The van der Waals surface area contributed by atoms with Gasteiger partial charge in [-0.1, -0.05) is 0 Å². The van der Waals surface area contributed by atoms with E-state index in [4.69, 9.17) is 14.0 Å². The Labute approximate surface area is 133 Å². The number of nitrogens with zero attached hydrogens (tertiary/aromatic N) is 1. The molecule has 2 fully saturated rings. The summed E-state index contributed by atoms with van der Waals surface area (Å²) in [6.07, 6.45) is 4.44. The van der Waals surface area contributed by atoms with Crippen LogP contribution in [0, 0.1) is 3.70 Å². The van der Waals surface area contributed by atoms with Crippen LogP contribution in [0.4, 0.5) is 0 Å². The van der Waals surface area contributed by atoms with E-state index in [0.29, 0.717) is 6.10 Å². The molecule has 1 aromatic rings. The maximum absolute atomic E-state index is 6.05. The topological polar surface area (TPSA) is 40.6 Å². The van der Waals surface area contributed by atoms with E-state index in [-0.39, 0.29) is 18.3 Å². The highest BCUT2D eigenvalue weighted by molar-refractivity contribution is 14.1. The molecule has 0 radical (unpaired) electrons. The van der Waals surface area contributed by atoms with Gasteiger partial charge in [-0.3, -0.25) is 0 Å². The van der Waals surface area contributed by atoms with Crippen molar-refractivity contribution in [2.75, 3.05) is 0 Å². The molecule has 0 atom stereocenters. The van der Waals surface area contributed by atoms with Gasteiger partial charge in [-0.15, -0.1) is 0 Å². The Morgan fingerprint density at radius 2 is 1.85 bits per heavy atom. The average molecular weight is 387 g/mol. The van der Waals surface area contributed by atoms with Crippen LogP contribution >= 0.6 is 22.6 Å². The zero-order chi connectivity index (χ0) is 14.5. The van der Waals surface area contributed by atoms with Gasteiger partial charge in [-0.2, -0.15) is 0 Å². The van der Waals surface area contributed by atoms with Crippen LogP contribution in [-0.2, 0) is 9.31 Å². The van der Waals surface area contributed by atoms with E-state index in [1.807, 2.05) is 12.3 Å². The summed E-state index contributed by atoms with van der Waals surface area (Å²) in [5.41, 5.74) is 0.246. The van der Waals surface area contributed by atoms with Crippen molar-refractivity contribution in [1.29, 1.82) is 0 Å². The van der Waals surface area contributed by atoms with E-state index < -0.39 is 0 Å². The molecule has 20 heavy (non-hydrogen) atoms. The first-order valence-corrected chi connectivity index (χ1v) is 8.04. The van der Waals surface area contributed by atoms with Crippen LogP contribution in [-0.4, -0.2) is 29.4 Å². The number of aromatic nitrogens is 1. The second-order valence-corrected chi connectivity index (χ2v) is 7.48. The largest absolute Gasteiger partial charge is 0.496 e. The molecule has 1 saturated carbocycles. The molecule has 1 aromatic heterocycles. The summed E-state index contributed by atoms with van der Waals surface area (Å²) in [6, 6.07) is 2.00. The summed E-state index contributed by atoms with van der Waals surface area (Å²) < 4.78 is 18.9. The van der Waals surface area contributed by atoms with Crippen molar-refractivity contribution in [2.24, 2.45) is 0 Å². The molecule has 1 saturated heterocycles. The summed E-state index contributed by atoms with van der Waals surface area (Å²) in [5.74, 6) is 0.834. The number of hydrogen-bond acceptors (Lipinski definition) is 4. The monoisotopic (exact) mass is 387 g/mol. The number of halogens is 1. The number of hydrogen-bond donors (Lipinski definition) is 0. The quantitative estimate of drug-likeness (QED) is 0.454. The Kier molecular flexibility index (Phi) is 3.54. The van der Waals surface area contributed by atoms with Gasteiger partial charge >= 0.3 is 7.12 Å². The van der Waals surface area contributed by atoms with Crippen LogP contribution in [0.2, 0.25) is 0 Å². The normalized spacial score (nSPS) is 23.9. The SMILES string of the molecule is CC1(C)OB(c2cnc(I)c(OC3CC3)c2)OC1(C)C. The molecule has 0 unspecified atom stereocenters. The molecule has 1 aliphatic heterocycles. The zero-order valence-electron chi connectivity index (χ0n) is 12.3. The number of ether oxygens (including phenoxy) is 1. The Morgan fingerprint density at radius 1 is 1.25 bits per heavy atom. The van der Waals surface area contributed by atoms with E-state index in [2.05, 4.69) is 55.3 Å². The third-order valence-corrected chi connectivity index (χ3v) is 4.98. The highest BCUT2D eigenvalue weighted by Gasteiger charge is 2.52. The second kappa shape index (κ2) is 4.85. The molecule has 2 heterocycles. The van der Waals surface area contributed by atoms with Crippen molar-refractivity contribution in [1.82, 2.24) is 4.98 Å². The van der Waals surface area contributed by atoms with E-state index in [9.17, 15) is 0 Å². The van der Waals surface area contributed by atoms with Crippen LogP contribution in [0.1, 0.15) is 40.5 Å². The van der Waals surface area contributed by atoms with E-state index in [1.165, 1.54) is 0 Å². The fourth-order valence-electron chi connectivity index (χ4n) is 2.00. The van der Waals surface area contributed by atoms with Crippen molar-refractivity contribution < 1.29 is 14.0 Å². The van der Waals surface area contributed by atoms with Crippen molar-refractivity contribution in [2.45, 2.75) is 57.8 Å². The zero-order valence-corrected chi connectivity index (χ0v) is 14.4. The fourth-order valence-corrected chi connectivity index (χ4v) is 2.42. The molecular formula is C14H19BINO3. The molecule has 1 aliphatic carbocycles. The minimum atomic E-state index is -0.383. The van der Waals surface area contributed by atoms with Gasteiger partial charge in [-0.25, -0.2) is 4.98 Å². The average Bonchev–Trinajstić information content (AvgIpc) is 3.10. The van der Waals surface area contributed by atoms with Gasteiger partial charge in [-0.05, 0) is 69.2 Å². The first kappa shape index (κ1) is 14.6. The number of pyridine rings is 1. The number of rotatable bonds is 3. The molecule has 4 nitrogen and oxygen atoms in total. The first-order chi connectivity index (χ1) is 9.28. The van der Waals surface area contributed by atoms with Crippen molar-refractivity contribution >= 4 is 35.2 Å². The lowest BCUT2D eigenvalue weighted by Crippen LogP contribution is -2.41. The van der Waals surface area contributed by atoms with Crippen LogP contribution in [0.3, 0.4) is 0 Å². The third-order valence-electron chi connectivity index (χ3n) is 4.17. The summed E-state index contributed by atoms with van der Waals surface area (Å²) in [6.45, 7) is 8.20. The van der Waals surface area contributed by atoms with Crippen LogP contribution in [0.25, 0.3) is 0 Å². The lowest BCUT2D eigenvalue weighted by atomic mass is 9.80. The summed E-state index contributed by atoms with van der Waals surface area (Å²) in [7, 11) is -0.383. The van der Waals surface area contributed by atoms with Gasteiger partial charge < -0.3 is 14.0 Å². The van der Waals surface area contributed by atoms with Crippen LogP contribution < -0.4 is 10.2 Å². The van der Waals surface area contributed by atoms with Crippen LogP contribution in [0.15, 0.2) is 12.3 Å². The fraction of sp³-hybridized carbons (Fsp3) is 0.643. The molecule has 0 bridgehead atoms. The molecule has 3 rings (SSSR count). The molecule has 0 amide bonds. The first-order valence-electron chi connectivity index (χ1n) is 6.96. The van der Waals surface area contributed by atoms with E-state index >= 15 is 0 Å². The van der Waals surface area contributed by atoms with Gasteiger partial charge in [0.05, 0.1) is 17.3 Å². The van der Waals surface area contributed by atoms with Gasteiger partial charge in [0.1, 0.15) is 3.70 Å². The van der Waals surface area contributed by atoms with Gasteiger partial charge in [0.15, 0.2) is 5.75 Å². The van der Waals surface area contributed by atoms with Crippen molar-refractivity contribution in [3.8, 4) is 5.75 Å². The van der Waals surface area contributed by atoms with Gasteiger partial charge in [0, 0.05) is 11.7 Å². The van der Waals surface area contributed by atoms with Crippen molar-refractivity contribution in [3.05, 3.63) is 16.0 Å². The molecule has 2 aliphatic rings. The smallest absolute Gasteiger partial charge is 0.488 e. The van der Waals surface area contributed by atoms with Gasteiger partial charge in [0.25, 0.3) is 0 Å². The molecule has 0 N–H and O–H groups in total. The lowest BCUT2D eigenvalue weighted by Gasteiger charge is -2.32. The maximum Gasteiger partial charge on any atom is 0.496 e. The second-order valence-electron chi connectivity index (χ2n) is 6.46. The Morgan fingerprint density at radius 3 is 2.40 bits per heavy atom. The summed E-state index contributed by atoms with van der Waals surface area (Å²) >= 11 is 2.20. The maximum atomic E-state index is 6.05. The molecule has 0 spiro atoms. The minimum Gasteiger partial charge on any atom is -0.488 e. The lowest BCUT2D eigenvalue weighted by molar-refractivity contribution is 0.00578. The minimum absolute atomic E-state index is 0.335. The Balaban J connectivity index is 1.84. The standard InChI is InChI=1S/C14H19BINO3/c1-13(2)14(3,4)20-15(19-13)9-7-11(12(16)17-8-9)18-10-5-6-10/h7-8,10H,5-6H2,1-4H3.